The zero-order chi connectivity index (χ0) is 14.2. The molecule has 1 aliphatic rings. The molecule has 1 unspecified atom stereocenters. The molecule has 1 aromatic rings. The van der Waals surface area contributed by atoms with Crippen molar-refractivity contribution in [3.8, 4) is 5.75 Å². The Kier molecular flexibility index (Phi) is 6.34. The second kappa shape index (κ2) is 8.28. The molecule has 0 fully saturated rings. The van der Waals surface area contributed by atoms with Crippen LogP contribution in [0.4, 0.5) is 0 Å². The van der Waals surface area contributed by atoms with E-state index in [1.165, 1.54) is 30.4 Å². The third-order valence-corrected chi connectivity index (χ3v) is 3.95. The molecule has 2 N–H and O–H groups in total. The Morgan fingerprint density at radius 1 is 1.30 bits per heavy atom. The van der Waals surface area contributed by atoms with Crippen molar-refractivity contribution in [3.63, 3.8) is 0 Å². The molecule has 112 valence electrons. The molecule has 1 aliphatic carbocycles. The van der Waals surface area contributed by atoms with E-state index in [0.29, 0.717) is 6.04 Å². The van der Waals surface area contributed by atoms with E-state index in [1.54, 1.807) is 0 Å². The van der Waals surface area contributed by atoms with Crippen LogP contribution < -0.4 is 10.1 Å². The molecule has 0 aromatic heterocycles. The largest absolute Gasteiger partial charge is 0.494 e. The zero-order valence-corrected chi connectivity index (χ0v) is 12.5. The number of ether oxygens (including phenoxy) is 1. The SMILES string of the molecule is CCNC1CCCc2cc(OCCCCCO)ccc21. The Morgan fingerprint density at radius 3 is 3.00 bits per heavy atom. The van der Waals surface area contributed by atoms with Crippen molar-refractivity contribution >= 4 is 0 Å². The highest BCUT2D eigenvalue weighted by molar-refractivity contribution is 5.39. The van der Waals surface area contributed by atoms with Gasteiger partial charge in [0.2, 0.25) is 0 Å². The zero-order valence-electron chi connectivity index (χ0n) is 12.5. The maximum atomic E-state index is 8.74. The van der Waals surface area contributed by atoms with Gasteiger partial charge in [0.25, 0.3) is 0 Å². The maximum absolute atomic E-state index is 8.74. The molecule has 0 aliphatic heterocycles. The Hall–Kier alpha value is -1.06. The van der Waals surface area contributed by atoms with E-state index in [-0.39, 0.29) is 6.61 Å². The smallest absolute Gasteiger partial charge is 0.119 e. The minimum atomic E-state index is 0.282. The van der Waals surface area contributed by atoms with Gasteiger partial charge in [0.15, 0.2) is 0 Å². The number of hydrogen-bond acceptors (Lipinski definition) is 3. The van der Waals surface area contributed by atoms with E-state index in [2.05, 4.69) is 30.4 Å². The molecule has 3 nitrogen and oxygen atoms in total. The van der Waals surface area contributed by atoms with Gasteiger partial charge in [0.05, 0.1) is 6.61 Å². The number of hydrogen-bond donors (Lipinski definition) is 2. The Labute approximate surface area is 122 Å². The molecule has 0 heterocycles. The summed E-state index contributed by atoms with van der Waals surface area (Å²) in [6.07, 6.45) is 6.57. The lowest BCUT2D eigenvalue weighted by Crippen LogP contribution is -2.24. The first-order valence-electron chi connectivity index (χ1n) is 7.95. The lowest BCUT2D eigenvalue weighted by molar-refractivity contribution is 0.266. The first kappa shape index (κ1) is 15.3. The number of nitrogens with one attached hydrogen (secondary N) is 1. The average Bonchev–Trinajstić information content (AvgIpc) is 2.47. The molecular formula is C17H27NO2. The Bertz CT molecular complexity index is 406. The van der Waals surface area contributed by atoms with Gasteiger partial charge in [-0.3, -0.25) is 0 Å². The van der Waals surface area contributed by atoms with Crippen molar-refractivity contribution in [2.75, 3.05) is 19.8 Å². The number of rotatable bonds is 8. The summed E-state index contributed by atoms with van der Waals surface area (Å²) in [5.74, 6) is 0.991. The molecule has 0 bridgehead atoms. The molecule has 0 saturated carbocycles. The molecule has 3 heteroatoms. The summed E-state index contributed by atoms with van der Waals surface area (Å²) in [6.45, 7) is 4.21. The summed E-state index contributed by atoms with van der Waals surface area (Å²) in [6, 6.07) is 7.05. The molecule has 1 aromatic carbocycles. The van der Waals surface area contributed by atoms with E-state index in [0.717, 1.165) is 38.2 Å². The summed E-state index contributed by atoms with van der Waals surface area (Å²) in [7, 11) is 0. The molecule has 1 atom stereocenters. The van der Waals surface area contributed by atoms with E-state index < -0.39 is 0 Å². The number of aliphatic hydroxyl groups excluding tert-OH is 1. The van der Waals surface area contributed by atoms with E-state index in [9.17, 15) is 0 Å². The van der Waals surface area contributed by atoms with Crippen LogP contribution >= 0.6 is 0 Å². The van der Waals surface area contributed by atoms with Crippen molar-refractivity contribution in [1.29, 1.82) is 0 Å². The lowest BCUT2D eigenvalue weighted by Gasteiger charge is -2.26. The lowest BCUT2D eigenvalue weighted by atomic mass is 9.87. The summed E-state index contributed by atoms with van der Waals surface area (Å²) >= 11 is 0. The van der Waals surface area contributed by atoms with Gasteiger partial charge in [0, 0.05) is 12.6 Å². The minimum Gasteiger partial charge on any atom is -0.494 e. The van der Waals surface area contributed by atoms with Crippen molar-refractivity contribution in [2.24, 2.45) is 0 Å². The standard InChI is InChI=1S/C17H27NO2/c1-2-18-17-8-6-7-14-13-15(9-10-16(14)17)20-12-5-3-4-11-19/h9-10,13,17-19H,2-8,11-12H2,1H3. The molecule has 0 radical (unpaired) electrons. The number of fused-ring (bicyclic) bond motifs is 1. The maximum Gasteiger partial charge on any atom is 0.119 e. The normalized spacial score (nSPS) is 17.8. The number of unbranched alkanes of at least 4 members (excludes halogenated alkanes) is 2. The summed E-state index contributed by atoms with van der Waals surface area (Å²) in [4.78, 5) is 0. The fourth-order valence-corrected chi connectivity index (χ4v) is 2.92. The van der Waals surface area contributed by atoms with Crippen molar-refractivity contribution in [2.45, 2.75) is 51.5 Å². The second-order valence-corrected chi connectivity index (χ2v) is 5.50. The van der Waals surface area contributed by atoms with Crippen LogP contribution in [0.3, 0.4) is 0 Å². The summed E-state index contributed by atoms with van der Waals surface area (Å²) < 4.78 is 5.81. The van der Waals surface area contributed by atoms with Crippen LogP contribution in [-0.2, 0) is 6.42 Å². The fourth-order valence-electron chi connectivity index (χ4n) is 2.92. The molecule has 0 amide bonds. The van der Waals surface area contributed by atoms with E-state index in [4.69, 9.17) is 9.84 Å². The van der Waals surface area contributed by atoms with E-state index in [1.807, 2.05) is 0 Å². The monoisotopic (exact) mass is 277 g/mol. The summed E-state index contributed by atoms with van der Waals surface area (Å²) in [5, 5.41) is 12.3. The topological polar surface area (TPSA) is 41.5 Å². The van der Waals surface area contributed by atoms with Gasteiger partial charge >= 0.3 is 0 Å². The van der Waals surface area contributed by atoms with Crippen LogP contribution in [-0.4, -0.2) is 24.9 Å². The van der Waals surface area contributed by atoms with Gasteiger partial charge in [0.1, 0.15) is 5.75 Å². The van der Waals surface area contributed by atoms with Crippen molar-refractivity contribution < 1.29 is 9.84 Å². The molecular weight excluding hydrogens is 250 g/mol. The van der Waals surface area contributed by atoms with Gasteiger partial charge < -0.3 is 15.2 Å². The average molecular weight is 277 g/mol. The molecule has 2 rings (SSSR count). The van der Waals surface area contributed by atoms with Crippen LogP contribution in [0.2, 0.25) is 0 Å². The fraction of sp³-hybridized carbons (Fsp3) is 0.647. The highest BCUT2D eigenvalue weighted by Crippen LogP contribution is 2.32. The number of aryl methyl sites for hydroxylation is 1. The first-order chi connectivity index (χ1) is 9.85. The predicted molar refractivity (Wildman–Crippen MR) is 82.2 cm³/mol. The van der Waals surface area contributed by atoms with Gasteiger partial charge in [-0.1, -0.05) is 13.0 Å². The van der Waals surface area contributed by atoms with Crippen LogP contribution in [0.15, 0.2) is 18.2 Å². The van der Waals surface area contributed by atoms with Crippen LogP contribution in [0.25, 0.3) is 0 Å². The molecule has 20 heavy (non-hydrogen) atoms. The van der Waals surface area contributed by atoms with Gasteiger partial charge in [-0.2, -0.15) is 0 Å². The molecule has 0 saturated heterocycles. The highest BCUT2D eigenvalue weighted by Gasteiger charge is 2.19. The number of benzene rings is 1. The minimum absolute atomic E-state index is 0.282. The Morgan fingerprint density at radius 2 is 2.20 bits per heavy atom. The quantitative estimate of drug-likeness (QED) is 0.717. The first-order valence-corrected chi connectivity index (χ1v) is 7.95. The Balaban J connectivity index is 1.90. The van der Waals surface area contributed by atoms with Crippen LogP contribution in [0.1, 0.15) is 56.2 Å². The third-order valence-electron chi connectivity index (χ3n) is 3.95. The van der Waals surface area contributed by atoms with Gasteiger partial charge in [-0.25, -0.2) is 0 Å². The highest BCUT2D eigenvalue weighted by atomic mass is 16.5. The molecule has 0 spiro atoms. The van der Waals surface area contributed by atoms with Crippen molar-refractivity contribution in [3.05, 3.63) is 29.3 Å². The van der Waals surface area contributed by atoms with Crippen LogP contribution in [0.5, 0.6) is 5.75 Å². The van der Waals surface area contributed by atoms with Gasteiger partial charge in [-0.15, -0.1) is 0 Å². The predicted octanol–water partition coefficient (Wildman–Crippen LogP) is 3.21. The van der Waals surface area contributed by atoms with E-state index >= 15 is 0 Å². The summed E-state index contributed by atoms with van der Waals surface area (Å²) in [5.41, 5.74) is 2.89. The third kappa shape index (κ3) is 4.22. The van der Waals surface area contributed by atoms with Crippen LogP contribution in [0, 0.1) is 0 Å². The van der Waals surface area contributed by atoms with Gasteiger partial charge in [-0.05, 0) is 68.3 Å². The second-order valence-electron chi connectivity index (χ2n) is 5.50. The number of aliphatic hydroxyl groups is 1. The van der Waals surface area contributed by atoms with Crippen molar-refractivity contribution in [1.82, 2.24) is 5.32 Å².